The molecule has 0 saturated heterocycles. The van der Waals surface area contributed by atoms with Gasteiger partial charge in [0.15, 0.2) is 0 Å². The Morgan fingerprint density at radius 3 is 2.36 bits per heavy atom. The lowest BCUT2D eigenvalue weighted by Gasteiger charge is -2.27. The SMILES string of the molecule is CCCOC(=O)c1ccc(NC(=O)[C@@H]2[C@@H](C(=O)[O-])[C@H]3C=C[C@H]2C3)cc1. The molecule has 2 aliphatic rings. The fourth-order valence-electron chi connectivity index (χ4n) is 3.69. The standard InChI is InChI=1S/C19H21NO5/c1-2-9-25-19(24)11-5-7-14(8-6-11)20-17(21)15-12-3-4-13(10-12)16(15)18(22)23/h3-8,12-13,15-16H,2,9-10H2,1H3,(H,20,21)(H,22,23)/p-1/t12-,13-,15-,16-/m0/s1. The third kappa shape index (κ3) is 3.43. The first kappa shape index (κ1) is 17.2. The Balaban J connectivity index is 1.66. The Kier molecular flexibility index (Phi) is 4.88. The van der Waals surface area contributed by atoms with Crippen molar-refractivity contribution < 1.29 is 24.2 Å². The van der Waals surface area contributed by atoms with Crippen LogP contribution in [0.1, 0.15) is 30.1 Å². The number of carbonyl (C=O) groups is 3. The summed E-state index contributed by atoms with van der Waals surface area (Å²) in [5, 5.41) is 14.1. The van der Waals surface area contributed by atoms with Crippen LogP contribution in [0.3, 0.4) is 0 Å². The van der Waals surface area contributed by atoms with Gasteiger partial charge in [-0.25, -0.2) is 4.79 Å². The molecule has 25 heavy (non-hydrogen) atoms. The molecule has 0 radical (unpaired) electrons. The molecule has 0 heterocycles. The number of nitrogens with one attached hydrogen (secondary N) is 1. The molecule has 0 aromatic heterocycles. The van der Waals surface area contributed by atoms with Crippen molar-refractivity contribution in [2.75, 3.05) is 11.9 Å². The second-order valence-corrected chi connectivity index (χ2v) is 6.52. The van der Waals surface area contributed by atoms with Crippen LogP contribution < -0.4 is 10.4 Å². The minimum absolute atomic E-state index is 0.0591. The van der Waals surface area contributed by atoms with Crippen LogP contribution in [0.5, 0.6) is 0 Å². The number of allylic oxidation sites excluding steroid dienone is 2. The van der Waals surface area contributed by atoms with E-state index in [4.69, 9.17) is 4.74 Å². The fraction of sp³-hybridized carbons (Fsp3) is 0.421. The summed E-state index contributed by atoms with van der Waals surface area (Å²) in [6.07, 6.45) is 5.21. The lowest BCUT2D eigenvalue weighted by molar-refractivity contribution is -0.313. The summed E-state index contributed by atoms with van der Waals surface area (Å²) in [5.74, 6) is -3.49. The zero-order valence-electron chi connectivity index (χ0n) is 13.9. The van der Waals surface area contributed by atoms with Gasteiger partial charge in [-0.15, -0.1) is 0 Å². The summed E-state index contributed by atoms with van der Waals surface area (Å²) < 4.78 is 5.05. The van der Waals surface area contributed by atoms with Crippen molar-refractivity contribution in [3.05, 3.63) is 42.0 Å². The first-order chi connectivity index (χ1) is 12.0. The molecule has 1 amide bonds. The van der Waals surface area contributed by atoms with Crippen LogP contribution in [0.25, 0.3) is 0 Å². The number of hydrogen-bond donors (Lipinski definition) is 1. The topological polar surface area (TPSA) is 95.5 Å². The molecule has 0 aliphatic heterocycles. The second-order valence-electron chi connectivity index (χ2n) is 6.52. The van der Waals surface area contributed by atoms with E-state index in [1.54, 1.807) is 24.3 Å². The Morgan fingerprint density at radius 2 is 1.76 bits per heavy atom. The van der Waals surface area contributed by atoms with Crippen LogP contribution in [0.15, 0.2) is 36.4 Å². The number of hydrogen-bond acceptors (Lipinski definition) is 5. The summed E-state index contributed by atoms with van der Waals surface area (Å²) in [6, 6.07) is 6.37. The third-order valence-electron chi connectivity index (χ3n) is 4.86. The molecule has 0 unspecified atom stereocenters. The number of benzene rings is 1. The lowest BCUT2D eigenvalue weighted by Crippen LogP contribution is -2.42. The van der Waals surface area contributed by atoms with E-state index in [0.717, 1.165) is 6.42 Å². The molecule has 3 rings (SSSR count). The highest BCUT2D eigenvalue weighted by Crippen LogP contribution is 2.48. The van der Waals surface area contributed by atoms with Gasteiger partial charge in [0.2, 0.25) is 5.91 Å². The minimum atomic E-state index is -1.17. The highest BCUT2D eigenvalue weighted by molar-refractivity contribution is 5.97. The van der Waals surface area contributed by atoms with Crippen molar-refractivity contribution in [2.24, 2.45) is 23.7 Å². The number of aliphatic carboxylic acids is 1. The van der Waals surface area contributed by atoms with E-state index in [1.807, 2.05) is 19.1 Å². The van der Waals surface area contributed by atoms with Crippen LogP contribution in [-0.2, 0) is 14.3 Å². The van der Waals surface area contributed by atoms with Gasteiger partial charge in [0.05, 0.1) is 18.1 Å². The highest BCUT2D eigenvalue weighted by Gasteiger charge is 2.48. The van der Waals surface area contributed by atoms with E-state index in [-0.39, 0.29) is 17.7 Å². The Labute approximate surface area is 145 Å². The van der Waals surface area contributed by atoms with Gasteiger partial charge in [-0.05, 0) is 48.9 Å². The Morgan fingerprint density at radius 1 is 1.12 bits per heavy atom. The summed E-state index contributed by atoms with van der Waals surface area (Å²) in [4.78, 5) is 35.7. The molecule has 6 heteroatoms. The zero-order chi connectivity index (χ0) is 18.0. The van der Waals surface area contributed by atoms with Gasteiger partial charge < -0.3 is 20.0 Å². The quantitative estimate of drug-likeness (QED) is 0.622. The van der Waals surface area contributed by atoms with E-state index in [9.17, 15) is 19.5 Å². The number of fused-ring (bicyclic) bond motifs is 2. The maximum Gasteiger partial charge on any atom is 0.338 e. The number of esters is 1. The van der Waals surface area contributed by atoms with Gasteiger partial charge in [0, 0.05) is 17.6 Å². The molecule has 0 spiro atoms. The number of carboxylic acids is 1. The predicted molar refractivity (Wildman–Crippen MR) is 88.4 cm³/mol. The van der Waals surface area contributed by atoms with Crippen LogP contribution in [-0.4, -0.2) is 24.5 Å². The van der Waals surface area contributed by atoms with Crippen molar-refractivity contribution in [3.63, 3.8) is 0 Å². The van der Waals surface area contributed by atoms with Crippen molar-refractivity contribution in [1.82, 2.24) is 0 Å². The van der Waals surface area contributed by atoms with E-state index < -0.39 is 23.8 Å². The molecule has 6 nitrogen and oxygen atoms in total. The van der Waals surface area contributed by atoms with Crippen molar-refractivity contribution in [1.29, 1.82) is 0 Å². The van der Waals surface area contributed by atoms with Crippen molar-refractivity contribution in [2.45, 2.75) is 19.8 Å². The van der Waals surface area contributed by atoms with E-state index in [1.165, 1.54) is 0 Å². The highest BCUT2D eigenvalue weighted by atomic mass is 16.5. The first-order valence-corrected chi connectivity index (χ1v) is 8.48. The van der Waals surface area contributed by atoms with E-state index >= 15 is 0 Å². The van der Waals surface area contributed by atoms with Gasteiger partial charge in [0.25, 0.3) is 0 Å². The van der Waals surface area contributed by atoms with Crippen molar-refractivity contribution >= 4 is 23.5 Å². The summed E-state index contributed by atoms with van der Waals surface area (Å²) in [7, 11) is 0. The smallest absolute Gasteiger partial charge is 0.338 e. The molecule has 4 atom stereocenters. The predicted octanol–water partition coefficient (Wildman–Crippen LogP) is 1.38. The van der Waals surface area contributed by atoms with Crippen LogP contribution in [0, 0.1) is 23.7 Å². The fourth-order valence-corrected chi connectivity index (χ4v) is 3.69. The van der Waals surface area contributed by atoms with E-state index in [2.05, 4.69) is 5.32 Å². The molecule has 1 saturated carbocycles. The maximum atomic E-state index is 12.6. The van der Waals surface area contributed by atoms with Gasteiger partial charge in [-0.2, -0.15) is 0 Å². The molecule has 2 aliphatic carbocycles. The summed E-state index contributed by atoms with van der Waals surface area (Å²) in [5.41, 5.74) is 0.919. The molecule has 1 aromatic carbocycles. The normalized spacial score (nSPS) is 26.4. The Bertz CT molecular complexity index is 709. The number of carbonyl (C=O) groups excluding carboxylic acids is 3. The molecular weight excluding hydrogens is 322 g/mol. The van der Waals surface area contributed by atoms with Crippen molar-refractivity contribution in [3.8, 4) is 0 Å². The number of amides is 1. The largest absolute Gasteiger partial charge is 0.550 e. The maximum absolute atomic E-state index is 12.6. The zero-order valence-corrected chi connectivity index (χ0v) is 13.9. The number of carboxylic acid groups (broad SMARTS) is 1. The van der Waals surface area contributed by atoms with Gasteiger partial charge >= 0.3 is 5.97 Å². The third-order valence-corrected chi connectivity index (χ3v) is 4.86. The van der Waals surface area contributed by atoms with Gasteiger partial charge in [0.1, 0.15) is 0 Å². The van der Waals surface area contributed by atoms with Crippen LogP contribution in [0.2, 0.25) is 0 Å². The minimum Gasteiger partial charge on any atom is -0.550 e. The van der Waals surface area contributed by atoms with Crippen LogP contribution >= 0.6 is 0 Å². The monoisotopic (exact) mass is 342 g/mol. The van der Waals surface area contributed by atoms with Gasteiger partial charge in [-0.3, -0.25) is 4.79 Å². The molecule has 1 aromatic rings. The number of rotatable bonds is 6. The average Bonchev–Trinajstić information content (AvgIpc) is 3.21. The van der Waals surface area contributed by atoms with E-state index in [0.29, 0.717) is 24.3 Å². The molecule has 1 fully saturated rings. The molecule has 2 bridgehead atoms. The molecule has 1 N–H and O–H groups in total. The second kappa shape index (κ2) is 7.09. The van der Waals surface area contributed by atoms with Gasteiger partial charge in [-0.1, -0.05) is 19.1 Å². The average molecular weight is 342 g/mol. The first-order valence-electron chi connectivity index (χ1n) is 8.48. The van der Waals surface area contributed by atoms with Crippen LogP contribution in [0.4, 0.5) is 5.69 Å². The summed E-state index contributed by atoms with van der Waals surface area (Å²) in [6.45, 7) is 2.27. The molecule has 132 valence electrons. The summed E-state index contributed by atoms with van der Waals surface area (Å²) >= 11 is 0. The Hall–Kier alpha value is -2.63. The lowest BCUT2D eigenvalue weighted by atomic mass is 9.82. The molecular formula is C19H20NO5-. The number of ether oxygens (including phenoxy) is 1. The number of anilines is 1.